The summed E-state index contributed by atoms with van der Waals surface area (Å²) in [5.74, 6) is -0.854. The van der Waals surface area contributed by atoms with Gasteiger partial charge in [-0.05, 0) is 36.9 Å². The summed E-state index contributed by atoms with van der Waals surface area (Å²) >= 11 is 0. The molecule has 0 spiro atoms. The van der Waals surface area contributed by atoms with E-state index >= 15 is 8.78 Å². The van der Waals surface area contributed by atoms with Gasteiger partial charge in [0.05, 0.1) is 23.0 Å². The summed E-state index contributed by atoms with van der Waals surface area (Å²) in [6.07, 6.45) is 2.81. The maximum absolute atomic E-state index is 15.1. The zero-order chi connectivity index (χ0) is 27.7. The second kappa shape index (κ2) is 10.7. The summed E-state index contributed by atoms with van der Waals surface area (Å²) in [6.45, 7) is 5.57. The molecule has 0 aliphatic carbocycles. The minimum Gasteiger partial charge on any atom is -0.364 e. The highest BCUT2D eigenvalue weighted by atomic mass is 32.2. The number of hydrogen-bond donors (Lipinski definition) is 3. The van der Waals surface area contributed by atoms with Gasteiger partial charge in [0.1, 0.15) is 17.2 Å². The molecule has 1 fully saturated rings. The largest absolute Gasteiger partial charge is 0.364 e. The van der Waals surface area contributed by atoms with E-state index in [9.17, 15) is 8.42 Å². The van der Waals surface area contributed by atoms with Gasteiger partial charge in [0.15, 0.2) is 11.6 Å². The van der Waals surface area contributed by atoms with Crippen LogP contribution in [0.5, 0.6) is 0 Å². The van der Waals surface area contributed by atoms with Crippen LogP contribution in [0.4, 0.5) is 43.3 Å². The Labute approximate surface area is 225 Å². The number of aromatic amines is 1. The van der Waals surface area contributed by atoms with Crippen molar-refractivity contribution < 1.29 is 17.2 Å². The molecule has 0 radical (unpaired) electrons. The second-order valence-electron chi connectivity index (χ2n) is 9.34. The van der Waals surface area contributed by atoms with Crippen LogP contribution in [0.1, 0.15) is 6.92 Å². The second-order valence-corrected chi connectivity index (χ2v) is 11.4. The number of H-pyrrole nitrogens is 1. The Morgan fingerprint density at radius 2 is 1.72 bits per heavy atom. The zero-order valence-corrected chi connectivity index (χ0v) is 22.7. The predicted octanol–water partition coefficient (Wildman–Crippen LogP) is 4.26. The summed E-state index contributed by atoms with van der Waals surface area (Å²) in [5, 5.41) is 6.74. The number of likely N-dealkylation sites (N-methyl/N-ethyl adjacent to an activating group) is 1. The van der Waals surface area contributed by atoms with E-state index in [0.717, 1.165) is 25.9 Å². The van der Waals surface area contributed by atoms with Crippen LogP contribution in [0, 0.1) is 11.6 Å². The van der Waals surface area contributed by atoms with Gasteiger partial charge in [0.2, 0.25) is 16.0 Å². The third kappa shape index (κ3) is 5.59. The highest BCUT2D eigenvalue weighted by molar-refractivity contribution is 7.92. The van der Waals surface area contributed by atoms with E-state index < -0.39 is 21.7 Å². The minimum absolute atomic E-state index is 0.0361. The molecular formula is C26H30F2N8O2S. The first kappa shape index (κ1) is 26.6. The number of rotatable bonds is 8. The summed E-state index contributed by atoms with van der Waals surface area (Å²) in [6, 6.07) is 11.1. The lowest BCUT2D eigenvalue weighted by molar-refractivity contribution is 0.269. The molecule has 10 nitrogen and oxygen atoms in total. The molecule has 2 aromatic heterocycles. The average molecular weight is 557 g/mol. The number of piperazine rings is 1. The van der Waals surface area contributed by atoms with Crippen LogP contribution in [-0.4, -0.2) is 74.3 Å². The van der Waals surface area contributed by atoms with Crippen molar-refractivity contribution in [3.05, 3.63) is 60.3 Å². The number of halogens is 2. The molecule has 0 atom stereocenters. The standard InChI is InChI=1S/C26H30F2N8O2S/c1-4-35-11-13-36(14-12-35)23-19(27)15-17(16-20(23)28)30-26-32-24-18(9-10-29-24)25(33-26)31-21-7-5-6-8-22(21)34(2)39(3,37)38/h5-10,15-16H,4,11-14H2,1-3H3,(H3,29,30,31,32,33). The molecule has 3 heterocycles. The first-order valence-electron chi connectivity index (χ1n) is 12.5. The van der Waals surface area contributed by atoms with E-state index in [1.165, 1.54) is 23.5 Å². The van der Waals surface area contributed by atoms with Gasteiger partial charge in [-0.25, -0.2) is 17.2 Å². The Bertz CT molecular complexity index is 1580. The van der Waals surface area contributed by atoms with Gasteiger partial charge < -0.3 is 25.4 Å². The Morgan fingerprint density at radius 1 is 1.03 bits per heavy atom. The maximum atomic E-state index is 15.1. The first-order chi connectivity index (χ1) is 18.6. The fourth-order valence-electron chi connectivity index (χ4n) is 4.61. The van der Waals surface area contributed by atoms with E-state index in [4.69, 9.17) is 0 Å². The third-order valence-electron chi connectivity index (χ3n) is 6.82. The summed E-state index contributed by atoms with van der Waals surface area (Å²) in [5.41, 5.74) is 1.54. The lowest BCUT2D eigenvalue weighted by Gasteiger charge is -2.35. The monoisotopic (exact) mass is 556 g/mol. The lowest BCUT2D eigenvalue weighted by atomic mass is 10.2. The number of nitrogens with one attached hydrogen (secondary N) is 3. The van der Waals surface area contributed by atoms with Crippen molar-refractivity contribution in [2.75, 3.05) is 65.9 Å². The van der Waals surface area contributed by atoms with Crippen molar-refractivity contribution in [2.24, 2.45) is 0 Å². The lowest BCUT2D eigenvalue weighted by Crippen LogP contribution is -2.46. The van der Waals surface area contributed by atoms with E-state index in [2.05, 4.69) is 37.4 Å². The minimum atomic E-state index is -3.51. The molecule has 0 unspecified atom stereocenters. The van der Waals surface area contributed by atoms with Crippen LogP contribution in [0.25, 0.3) is 11.0 Å². The molecule has 39 heavy (non-hydrogen) atoms. The van der Waals surface area contributed by atoms with Crippen molar-refractivity contribution in [2.45, 2.75) is 6.92 Å². The van der Waals surface area contributed by atoms with Crippen molar-refractivity contribution in [1.82, 2.24) is 19.9 Å². The summed E-state index contributed by atoms with van der Waals surface area (Å²) in [7, 11) is -2.05. The van der Waals surface area contributed by atoms with Crippen LogP contribution in [0.3, 0.4) is 0 Å². The van der Waals surface area contributed by atoms with Crippen LogP contribution in [0.15, 0.2) is 48.7 Å². The Balaban J connectivity index is 1.44. The average Bonchev–Trinajstić information content (AvgIpc) is 3.37. The Morgan fingerprint density at radius 3 is 2.38 bits per heavy atom. The van der Waals surface area contributed by atoms with Gasteiger partial charge in [-0.15, -0.1) is 0 Å². The van der Waals surface area contributed by atoms with Crippen molar-refractivity contribution in [1.29, 1.82) is 0 Å². The first-order valence-corrected chi connectivity index (χ1v) is 14.4. The molecule has 1 aliphatic heterocycles. The van der Waals surface area contributed by atoms with E-state index in [-0.39, 0.29) is 17.3 Å². The van der Waals surface area contributed by atoms with Gasteiger partial charge in [0, 0.05) is 45.1 Å². The summed E-state index contributed by atoms with van der Waals surface area (Å²) < 4.78 is 55.7. The molecule has 0 amide bonds. The number of para-hydroxylation sites is 2. The molecule has 3 N–H and O–H groups in total. The number of nitrogens with zero attached hydrogens (tertiary/aromatic N) is 5. The van der Waals surface area contributed by atoms with Crippen molar-refractivity contribution in [3.8, 4) is 0 Å². The Kier molecular flexibility index (Phi) is 7.28. The number of hydrogen-bond acceptors (Lipinski definition) is 8. The van der Waals surface area contributed by atoms with Gasteiger partial charge in [0.25, 0.3) is 0 Å². The molecule has 5 rings (SSSR count). The summed E-state index contributed by atoms with van der Waals surface area (Å²) in [4.78, 5) is 16.0. The molecule has 4 aromatic rings. The van der Waals surface area contributed by atoms with Crippen LogP contribution in [-0.2, 0) is 10.0 Å². The third-order valence-corrected chi connectivity index (χ3v) is 8.01. The van der Waals surface area contributed by atoms with Crippen molar-refractivity contribution >= 4 is 55.6 Å². The van der Waals surface area contributed by atoms with Gasteiger partial charge in [-0.1, -0.05) is 19.1 Å². The molecule has 13 heteroatoms. The van der Waals surface area contributed by atoms with Crippen molar-refractivity contribution in [3.63, 3.8) is 0 Å². The number of aromatic nitrogens is 3. The smallest absolute Gasteiger partial charge is 0.232 e. The van der Waals surface area contributed by atoms with Gasteiger partial charge in [-0.3, -0.25) is 4.31 Å². The van der Waals surface area contributed by atoms with Crippen LogP contribution >= 0.6 is 0 Å². The molecule has 1 saturated heterocycles. The normalized spacial score (nSPS) is 14.5. The quantitative estimate of drug-likeness (QED) is 0.295. The highest BCUT2D eigenvalue weighted by Gasteiger charge is 2.23. The molecule has 2 aromatic carbocycles. The highest BCUT2D eigenvalue weighted by Crippen LogP contribution is 2.33. The fraction of sp³-hybridized carbons (Fsp3) is 0.308. The molecule has 206 valence electrons. The Hall–Kier alpha value is -3.97. The number of fused-ring (bicyclic) bond motifs is 1. The number of benzene rings is 2. The van der Waals surface area contributed by atoms with Crippen LogP contribution in [0.2, 0.25) is 0 Å². The SMILES string of the molecule is CCN1CCN(c2c(F)cc(Nc3nc(Nc4ccccc4N(C)S(C)(=O)=O)c4cc[nH]c4n3)cc2F)CC1. The zero-order valence-electron chi connectivity index (χ0n) is 21.9. The topological polar surface area (TPSA) is 109 Å². The predicted molar refractivity (Wildman–Crippen MR) is 151 cm³/mol. The molecule has 1 aliphatic rings. The van der Waals surface area contributed by atoms with Gasteiger partial charge in [-0.2, -0.15) is 9.97 Å². The maximum Gasteiger partial charge on any atom is 0.232 e. The van der Waals surface area contributed by atoms with Gasteiger partial charge >= 0.3 is 0 Å². The fourth-order valence-corrected chi connectivity index (χ4v) is 5.13. The number of sulfonamides is 1. The molecule has 0 saturated carbocycles. The molecular weight excluding hydrogens is 526 g/mol. The van der Waals surface area contributed by atoms with E-state index in [0.29, 0.717) is 41.3 Å². The van der Waals surface area contributed by atoms with Crippen LogP contribution < -0.4 is 19.8 Å². The van der Waals surface area contributed by atoms with E-state index in [1.807, 2.05) is 0 Å². The number of anilines is 6. The van der Waals surface area contributed by atoms with E-state index in [1.54, 1.807) is 41.4 Å². The molecule has 0 bridgehead atoms.